The number of hydrogen-bond acceptors (Lipinski definition) is 9. The van der Waals surface area contributed by atoms with Crippen molar-refractivity contribution < 1.29 is 37.0 Å². The molecule has 5 rings (SSSR count). The van der Waals surface area contributed by atoms with Gasteiger partial charge in [-0.25, -0.2) is 13.4 Å². The number of sulfone groups is 1. The fourth-order valence-electron chi connectivity index (χ4n) is 5.16. The smallest absolute Gasteiger partial charge is 0.340 e. The van der Waals surface area contributed by atoms with E-state index in [2.05, 4.69) is 15.3 Å². The van der Waals surface area contributed by atoms with Crippen molar-refractivity contribution in [3.63, 3.8) is 0 Å². The normalized spacial score (nSPS) is 29.2. The van der Waals surface area contributed by atoms with Crippen molar-refractivity contribution in [3.8, 4) is 0 Å². The highest BCUT2D eigenvalue weighted by atomic mass is 35.5. The Kier molecular flexibility index (Phi) is 6.45. The van der Waals surface area contributed by atoms with Crippen molar-refractivity contribution in [2.24, 2.45) is 0 Å². The Labute approximate surface area is 207 Å². The van der Waals surface area contributed by atoms with E-state index in [1.54, 1.807) is 24.6 Å². The second-order valence-electron chi connectivity index (χ2n) is 9.76. The number of nitrogens with zero attached hydrogens (tertiary/aromatic N) is 3. The fourth-order valence-corrected chi connectivity index (χ4v) is 8.57. The molecule has 3 fully saturated rings. The first kappa shape index (κ1) is 25.3. The van der Waals surface area contributed by atoms with E-state index in [0.29, 0.717) is 17.5 Å². The minimum absolute atomic E-state index is 0.0529. The van der Waals surface area contributed by atoms with E-state index >= 15 is 0 Å². The van der Waals surface area contributed by atoms with Gasteiger partial charge >= 0.3 is 7.60 Å². The summed E-state index contributed by atoms with van der Waals surface area (Å²) in [6.45, 7) is 3.42. The highest BCUT2D eigenvalue weighted by molar-refractivity contribution is 7.97. The molecule has 4 atom stereocenters. The molecule has 194 valence electrons. The molecular formula is C20H28ClN4O8PS. The lowest BCUT2D eigenvalue weighted by Crippen LogP contribution is -2.35. The lowest BCUT2D eigenvalue weighted by atomic mass is 10.1. The average molecular weight is 551 g/mol. The molecule has 1 saturated carbocycles. The van der Waals surface area contributed by atoms with Gasteiger partial charge < -0.3 is 33.9 Å². The van der Waals surface area contributed by atoms with Gasteiger partial charge in [-0.15, -0.1) is 0 Å². The van der Waals surface area contributed by atoms with Crippen molar-refractivity contribution >= 4 is 45.9 Å². The van der Waals surface area contributed by atoms with Crippen LogP contribution >= 0.6 is 19.2 Å². The Morgan fingerprint density at radius 3 is 2.60 bits per heavy atom. The van der Waals surface area contributed by atoms with Crippen molar-refractivity contribution in [1.82, 2.24) is 14.5 Å². The van der Waals surface area contributed by atoms with Crippen LogP contribution in [0.4, 0.5) is 5.82 Å². The molecule has 35 heavy (non-hydrogen) atoms. The van der Waals surface area contributed by atoms with E-state index < -0.39 is 59.0 Å². The SMILES string of the molecule is CC1(C)O[C@@H]2[C@H](O1)[C@@H](CS(=O)(=O)CP(=O)(O)O)O[C@H]2n1ccc2c(NC3CCCC3)nc(Cl)nc21. The van der Waals surface area contributed by atoms with Crippen LogP contribution in [0.15, 0.2) is 12.3 Å². The zero-order valence-electron chi connectivity index (χ0n) is 19.2. The molecule has 12 nitrogen and oxygen atoms in total. The molecule has 2 saturated heterocycles. The summed E-state index contributed by atoms with van der Waals surface area (Å²) >= 11 is 6.25. The summed E-state index contributed by atoms with van der Waals surface area (Å²) in [6, 6.07) is 2.13. The maximum Gasteiger partial charge on any atom is 0.340 e. The molecule has 2 aromatic heterocycles. The zero-order chi connectivity index (χ0) is 25.2. The molecular weight excluding hydrogens is 523 g/mol. The third-order valence-electron chi connectivity index (χ3n) is 6.42. The summed E-state index contributed by atoms with van der Waals surface area (Å²) in [5.74, 6) is -1.02. The molecule has 0 spiro atoms. The third-order valence-corrected chi connectivity index (χ3v) is 10.3. The van der Waals surface area contributed by atoms with E-state index in [1.165, 1.54) is 0 Å². The molecule has 0 radical (unpaired) electrons. The van der Waals surface area contributed by atoms with Crippen LogP contribution in [0, 0.1) is 0 Å². The summed E-state index contributed by atoms with van der Waals surface area (Å²) in [6.07, 6.45) is 2.88. The summed E-state index contributed by atoms with van der Waals surface area (Å²) in [5, 5.41) is 4.24. The molecule has 3 aliphatic rings. The summed E-state index contributed by atoms with van der Waals surface area (Å²) in [7, 11) is -8.93. The first-order valence-electron chi connectivity index (χ1n) is 11.4. The average Bonchev–Trinajstić information content (AvgIpc) is 3.45. The second-order valence-corrected chi connectivity index (χ2v) is 14.3. The number of nitrogens with one attached hydrogen (secondary N) is 1. The van der Waals surface area contributed by atoms with Crippen molar-refractivity contribution in [2.45, 2.75) is 75.9 Å². The standard InChI is InChI=1S/C20H28ClN4O8PS/c1-20(2)32-14-13(9-35(29,30)10-34(26,27)28)31-18(15(14)33-20)25-8-7-12-16(22-11-5-3-4-6-11)23-19(21)24-17(12)25/h7-8,11,13-15,18H,3-6,9-10H2,1-2H3,(H,22,23,24)(H2,26,27,28)/t13-,14-,15-,18-/m1/s1. The van der Waals surface area contributed by atoms with Gasteiger partial charge in [0.2, 0.25) is 5.28 Å². The number of rotatable bonds is 7. The summed E-state index contributed by atoms with van der Waals surface area (Å²) < 4.78 is 56.1. The number of fused-ring (bicyclic) bond motifs is 2. The Morgan fingerprint density at radius 2 is 1.91 bits per heavy atom. The van der Waals surface area contributed by atoms with Gasteiger partial charge in [0.05, 0.1) is 11.1 Å². The van der Waals surface area contributed by atoms with Crippen molar-refractivity contribution in [2.75, 3.05) is 16.6 Å². The number of halogens is 1. The maximum atomic E-state index is 12.5. The van der Waals surface area contributed by atoms with Gasteiger partial charge in [-0.3, -0.25) is 4.57 Å². The first-order chi connectivity index (χ1) is 16.3. The van der Waals surface area contributed by atoms with Crippen LogP contribution in [-0.4, -0.2) is 74.1 Å². The molecule has 0 unspecified atom stereocenters. The molecule has 1 aliphatic carbocycles. The number of anilines is 1. The lowest BCUT2D eigenvalue weighted by molar-refractivity contribution is -0.193. The summed E-state index contributed by atoms with van der Waals surface area (Å²) in [4.78, 5) is 27.1. The molecule has 2 aromatic rings. The van der Waals surface area contributed by atoms with Crippen LogP contribution in [-0.2, 0) is 28.6 Å². The van der Waals surface area contributed by atoms with Gasteiger partial charge in [-0.1, -0.05) is 12.8 Å². The summed E-state index contributed by atoms with van der Waals surface area (Å²) in [5.41, 5.74) is -0.779. The lowest BCUT2D eigenvalue weighted by Gasteiger charge is -2.25. The molecule has 15 heteroatoms. The van der Waals surface area contributed by atoms with E-state index in [4.69, 9.17) is 25.8 Å². The van der Waals surface area contributed by atoms with Crippen LogP contribution in [0.1, 0.15) is 45.8 Å². The molecule has 2 aliphatic heterocycles. The van der Waals surface area contributed by atoms with Crippen molar-refractivity contribution in [3.05, 3.63) is 17.5 Å². The highest BCUT2D eigenvalue weighted by Crippen LogP contribution is 2.45. The Hall–Kier alpha value is -1.31. The van der Waals surface area contributed by atoms with Crippen LogP contribution in [0.5, 0.6) is 0 Å². The molecule has 0 bridgehead atoms. The Balaban J connectivity index is 1.47. The van der Waals surface area contributed by atoms with E-state index in [0.717, 1.165) is 31.1 Å². The van der Waals surface area contributed by atoms with Gasteiger partial charge in [0.1, 0.15) is 29.8 Å². The quantitative estimate of drug-likeness (QED) is 0.343. The van der Waals surface area contributed by atoms with E-state index in [1.807, 2.05) is 6.07 Å². The molecule has 0 aromatic carbocycles. The third kappa shape index (κ3) is 5.37. The zero-order valence-corrected chi connectivity index (χ0v) is 21.7. The first-order valence-corrected chi connectivity index (χ1v) is 15.4. The predicted octanol–water partition coefficient (Wildman–Crippen LogP) is 2.41. The number of ether oxygens (including phenoxy) is 3. The Morgan fingerprint density at radius 1 is 1.23 bits per heavy atom. The molecule has 3 N–H and O–H groups in total. The van der Waals surface area contributed by atoms with Gasteiger partial charge in [-0.2, -0.15) is 4.98 Å². The van der Waals surface area contributed by atoms with Gasteiger partial charge in [-0.05, 0) is 44.4 Å². The number of aromatic nitrogens is 3. The van der Waals surface area contributed by atoms with Gasteiger partial charge in [0.25, 0.3) is 0 Å². The minimum atomic E-state index is -4.78. The van der Waals surface area contributed by atoms with Gasteiger partial charge in [0, 0.05) is 12.2 Å². The van der Waals surface area contributed by atoms with Crippen LogP contribution < -0.4 is 5.32 Å². The Bertz CT molecular complexity index is 1280. The highest BCUT2D eigenvalue weighted by Gasteiger charge is 2.57. The minimum Gasteiger partial charge on any atom is -0.367 e. The van der Waals surface area contributed by atoms with Crippen LogP contribution in [0.2, 0.25) is 5.28 Å². The topological polar surface area (TPSA) is 162 Å². The van der Waals surface area contributed by atoms with E-state index in [9.17, 15) is 22.8 Å². The molecule has 0 amide bonds. The predicted molar refractivity (Wildman–Crippen MR) is 127 cm³/mol. The van der Waals surface area contributed by atoms with Crippen LogP contribution in [0.3, 0.4) is 0 Å². The fraction of sp³-hybridized carbons (Fsp3) is 0.700. The largest absolute Gasteiger partial charge is 0.367 e. The van der Waals surface area contributed by atoms with Crippen LogP contribution in [0.25, 0.3) is 11.0 Å². The van der Waals surface area contributed by atoms with Gasteiger partial charge in [0.15, 0.2) is 27.3 Å². The second kappa shape index (κ2) is 8.91. The van der Waals surface area contributed by atoms with E-state index in [-0.39, 0.29) is 5.28 Å². The number of hydrogen-bond donors (Lipinski definition) is 3. The maximum absolute atomic E-state index is 12.5. The monoisotopic (exact) mass is 550 g/mol. The molecule has 4 heterocycles. The van der Waals surface area contributed by atoms with Crippen molar-refractivity contribution in [1.29, 1.82) is 0 Å².